The lowest BCUT2D eigenvalue weighted by Crippen LogP contribution is -2.38. The molecule has 1 aliphatic heterocycles. The molecule has 1 amide bonds. The Hall–Kier alpha value is -1.38. The largest absolute Gasteiger partial charge is 0.379 e. The molecule has 1 fully saturated rings. The molecular weight excluding hydrogens is 282 g/mol. The van der Waals surface area contributed by atoms with E-state index in [-0.39, 0.29) is 16.8 Å². The summed E-state index contributed by atoms with van der Waals surface area (Å²) in [5.74, 6) is -0.225. The van der Waals surface area contributed by atoms with Crippen molar-refractivity contribution in [2.24, 2.45) is 5.14 Å². The third-order valence-electron chi connectivity index (χ3n) is 3.53. The predicted octanol–water partition coefficient (Wildman–Crippen LogP) is 0.0163. The van der Waals surface area contributed by atoms with Gasteiger partial charge in [-0.2, -0.15) is 0 Å². The number of carbonyl (C=O) groups excluding carboxylic acids is 1. The van der Waals surface area contributed by atoms with Crippen LogP contribution in [0.4, 0.5) is 0 Å². The monoisotopic (exact) mass is 301 g/mol. The molecule has 1 atom stereocenters. The standard InChI is InChI=1S/C12H19N3O4S/c1-3-15-7-10(20(13,17)18)6-11(15)12(16)14(2)9-4-5-19-8-9/h6-7,9H,3-5,8H2,1-2H3,(H2,13,17,18). The number of carbonyl (C=O) groups is 1. The number of hydrogen-bond acceptors (Lipinski definition) is 4. The zero-order valence-electron chi connectivity index (χ0n) is 11.6. The summed E-state index contributed by atoms with van der Waals surface area (Å²) in [5.41, 5.74) is 0.325. The molecule has 0 aromatic carbocycles. The van der Waals surface area contributed by atoms with Crippen molar-refractivity contribution in [3.05, 3.63) is 18.0 Å². The third kappa shape index (κ3) is 2.87. The molecule has 20 heavy (non-hydrogen) atoms. The summed E-state index contributed by atoms with van der Waals surface area (Å²) in [7, 11) is -2.11. The molecule has 7 nitrogen and oxygen atoms in total. The number of ether oxygens (including phenoxy) is 1. The van der Waals surface area contributed by atoms with Crippen molar-refractivity contribution in [3.8, 4) is 0 Å². The van der Waals surface area contributed by atoms with Gasteiger partial charge in [0.1, 0.15) is 10.6 Å². The Balaban J connectivity index is 2.31. The average molecular weight is 301 g/mol. The number of sulfonamides is 1. The molecule has 2 heterocycles. The number of rotatable bonds is 4. The Bertz CT molecular complexity index is 602. The normalized spacial score (nSPS) is 19.2. The van der Waals surface area contributed by atoms with Crippen LogP contribution in [0.15, 0.2) is 17.2 Å². The number of amides is 1. The number of likely N-dealkylation sites (N-methyl/N-ethyl adjacent to an activating group) is 1. The topological polar surface area (TPSA) is 94.6 Å². The number of nitrogens with two attached hydrogens (primary N) is 1. The summed E-state index contributed by atoms with van der Waals surface area (Å²) >= 11 is 0. The van der Waals surface area contributed by atoms with Crippen LogP contribution in [0.5, 0.6) is 0 Å². The van der Waals surface area contributed by atoms with Gasteiger partial charge < -0.3 is 14.2 Å². The van der Waals surface area contributed by atoms with Crippen LogP contribution in [0.1, 0.15) is 23.8 Å². The first-order chi connectivity index (χ1) is 9.34. The van der Waals surface area contributed by atoms with Crippen molar-refractivity contribution in [1.29, 1.82) is 0 Å². The van der Waals surface area contributed by atoms with E-state index < -0.39 is 10.0 Å². The highest BCUT2D eigenvalue weighted by atomic mass is 32.2. The van der Waals surface area contributed by atoms with Gasteiger partial charge in [-0.05, 0) is 19.4 Å². The van der Waals surface area contributed by atoms with E-state index in [1.165, 1.54) is 12.3 Å². The van der Waals surface area contributed by atoms with Gasteiger partial charge in [-0.3, -0.25) is 4.79 Å². The summed E-state index contributed by atoms with van der Waals surface area (Å²) in [5, 5.41) is 5.11. The third-order valence-corrected chi connectivity index (χ3v) is 4.41. The fourth-order valence-electron chi connectivity index (χ4n) is 2.25. The molecule has 0 saturated carbocycles. The van der Waals surface area contributed by atoms with Crippen LogP contribution in [-0.4, -0.2) is 50.1 Å². The van der Waals surface area contributed by atoms with Crippen molar-refractivity contribution in [3.63, 3.8) is 0 Å². The summed E-state index contributed by atoms with van der Waals surface area (Å²) in [4.78, 5) is 14.0. The number of aryl methyl sites for hydroxylation is 1. The van der Waals surface area contributed by atoms with E-state index in [1.54, 1.807) is 16.5 Å². The molecule has 0 spiro atoms. The fraction of sp³-hybridized carbons (Fsp3) is 0.583. The van der Waals surface area contributed by atoms with Gasteiger partial charge in [-0.25, -0.2) is 13.6 Å². The maximum absolute atomic E-state index is 12.5. The number of primary sulfonamides is 1. The molecule has 1 aromatic rings. The molecule has 0 radical (unpaired) electrons. The molecule has 2 rings (SSSR count). The summed E-state index contributed by atoms with van der Waals surface area (Å²) < 4.78 is 29.6. The maximum atomic E-state index is 12.5. The first-order valence-electron chi connectivity index (χ1n) is 6.42. The second kappa shape index (κ2) is 5.55. The lowest BCUT2D eigenvalue weighted by Gasteiger charge is -2.23. The molecule has 0 bridgehead atoms. The van der Waals surface area contributed by atoms with Gasteiger partial charge in [0.2, 0.25) is 10.0 Å². The highest BCUT2D eigenvalue weighted by molar-refractivity contribution is 7.89. The molecule has 8 heteroatoms. The minimum Gasteiger partial charge on any atom is -0.379 e. The van der Waals surface area contributed by atoms with Gasteiger partial charge in [-0.15, -0.1) is 0 Å². The van der Waals surface area contributed by atoms with Gasteiger partial charge in [0.15, 0.2) is 0 Å². The Morgan fingerprint density at radius 1 is 1.60 bits per heavy atom. The van der Waals surface area contributed by atoms with Crippen LogP contribution < -0.4 is 5.14 Å². The van der Waals surface area contributed by atoms with Gasteiger partial charge in [-0.1, -0.05) is 0 Å². The average Bonchev–Trinajstić information content (AvgIpc) is 3.04. The molecule has 2 N–H and O–H groups in total. The second-order valence-corrected chi connectivity index (χ2v) is 6.39. The quantitative estimate of drug-likeness (QED) is 0.848. The van der Waals surface area contributed by atoms with E-state index >= 15 is 0 Å². The Morgan fingerprint density at radius 3 is 2.80 bits per heavy atom. The molecule has 112 valence electrons. The zero-order valence-corrected chi connectivity index (χ0v) is 12.4. The van der Waals surface area contributed by atoms with Crippen molar-refractivity contribution in [2.75, 3.05) is 20.3 Å². The Morgan fingerprint density at radius 2 is 2.30 bits per heavy atom. The first-order valence-corrected chi connectivity index (χ1v) is 7.97. The minimum atomic E-state index is -3.81. The van der Waals surface area contributed by atoms with Gasteiger partial charge in [0.25, 0.3) is 5.91 Å². The van der Waals surface area contributed by atoms with Gasteiger partial charge in [0.05, 0.1) is 12.6 Å². The summed E-state index contributed by atoms with van der Waals surface area (Å²) in [6.07, 6.45) is 2.18. The van der Waals surface area contributed by atoms with Gasteiger partial charge >= 0.3 is 0 Å². The predicted molar refractivity (Wildman–Crippen MR) is 72.8 cm³/mol. The number of aromatic nitrogens is 1. The molecule has 1 aromatic heterocycles. The SMILES string of the molecule is CCn1cc(S(N)(=O)=O)cc1C(=O)N(C)C1CCOC1. The number of nitrogens with zero attached hydrogens (tertiary/aromatic N) is 2. The van der Waals surface area contributed by atoms with E-state index in [1.807, 2.05) is 6.92 Å². The highest BCUT2D eigenvalue weighted by Crippen LogP contribution is 2.18. The van der Waals surface area contributed by atoms with E-state index in [4.69, 9.17) is 9.88 Å². The number of hydrogen-bond donors (Lipinski definition) is 1. The molecular formula is C12H19N3O4S. The van der Waals surface area contributed by atoms with Crippen molar-refractivity contribution >= 4 is 15.9 Å². The maximum Gasteiger partial charge on any atom is 0.270 e. The van der Waals surface area contributed by atoms with Crippen molar-refractivity contribution in [1.82, 2.24) is 9.47 Å². The van der Waals surface area contributed by atoms with Crippen LogP contribution >= 0.6 is 0 Å². The van der Waals surface area contributed by atoms with Crippen LogP contribution in [0.3, 0.4) is 0 Å². The van der Waals surface area contributed by atoms with E-state index in [9.17, 15) is 13.2 Å². The minimum absolute atomic E-state index is 0.0284. The van der Waals surface area contributed by atoms with E-state index in [0.29, 0.717) is 25.5 Å². The van der Waals surface area contributed by atoms with Crippen molar-refractivity contribution < 1.29 is 17.9 Å². The molecule has 1 unspecified atom stereocenters. The van der Waals surface area contributed by atoms with Crippen LogP contribution in [0.25, 0.3) is 0 Å². The fourth-order valence-corrected chi connectivity index (χ4v) is 2.80. The molecule has 0 aliphatic carbocycles. The Labute approximate surface area is 118 Å². The second-order valence-electron chi connectivity index (χ2n) is 4.83. The highest BCUT2D eigenvalue weighted by Gasteiger charge is 2.27. The smallest absolute Gasteiger partial charge is 0.270 e. The van der Waals surface area contributed by atoms with Crippen LogP contribution in [-0.2, 0) is 21.3 Å². The Kier molecular flexibility index (Phi) is 4.17. The summed E-state index contributed by atoms with van der Waals surface area (Å²) in [6, 6.07) is 1.36. The lowest BCUT2D eigenvalue weighted by atomic mass is 10.2. The van der Waals surface area contributed by atoms with Gasteiger partial charge in [0, 0.05) is 26.4 Å². The zero-order chi connectivity index (χ0) is 14.9. The first kappa shape index (κ1) is 15.0. The molecule has 1 saturated heterocycles. The lowest BCUT2D eigenvalue weighted by molar-refractivity contribution is 0.0700. The summed E-state index contributed by atoms with van der Waals surface area (Å²) in [6.45, 7) is 3.48. The van der Waals surface area contributed by atoms with Crippen LogP contribution in [0.2, 0.25) is 0 Å². The van der Waals surface area contributed by atoms with Crippen LogP contribution in [0, 0.1) is 0 Å². The molecule has 1 aliphatic rings. The van der Waals surface area contributed by atoms with Crippen molar-refractivity contribution in [2.45, 2.75) is 30.8 Å². The van der Waals surface area contributed by atoms with E-state index in [2.05, 4.69) is 0 Å². The van der Waals surface area contributed by atoms with E-state index in [0.717, 1.165) is 6.42 Å².